The summed E-state index contributed by atoms with van der Waals surface area (Å²) in [6, 6.07) is 7.93. The van der Waals surface area contributed by atoms with E-state index in [2.05, 4.69) is 12.2 Å². The van der Waals surface area contributed by atoms with Crippen LogP contribution in [-0.2, 0) is 10.2 Å². The molecule has 3 nitrogen and oxygen atoms in total. The smallest absolute Gasteiger partial charge is 0.230 e. The Labute approximate surface area is 109 Å². The summed E-state index contributed by atoms with van der Waals surface area (Å²) >= 11 is 0. The molecular weight excluding hydrogens is 224 g/mol. The van der Waals surface area contributed by atoms with Gasteiger partial charge in [0, 0.05) is 11.7 Å². The molecule has 0 heterocycles. The minimum atomic E-state index is -0.505. The lowest BCUT2D eigenvalue weighted by Gasteiger charge is -2.24. The SMILES string of the molecule is CCC1CC1NC(=O)C(C)(C)c1ccc(N)cc1. The molecule has 1 aliphatic rings. The van der Waals surface area contributed by atoms with E-state index in [1.54, 1.807) is 0 Å². The Morgan fingerprint density at radius 3 is 2.50 bits per heavy atom. The first-order valence-corrected chi connectivity index (χ1v) is 6.62. The van der Waals surface area contributed by atoms with Gasteiger partial charge in [0.15, 0.2) is 0 Å². The van der Waals surface area contributed by atoms with Gasteiger partial charge in [0.25, 0.3) is 0 Å². The van der Waals surface area contributed by atoms with Gasteiger partial charge in [-0.25, -0.2) is 0 Å². The molecule has 0 radical (unpaired) electrons. The average Bonchev–Trinajstić information content (AvgIpc) is 3.08. The van der Waals surface area contributed by atoms with Crippen molar-refractivity contribution >= 4 is 11.6 Å². The molecule has 0 aromatic heterocycles. The largest absolute Gasteiger partial charge is 0.399 e. The number of hydrogen-bond acceptors (Lipinski definition) is 2. The van der Waals surface area contributed by atoms with Crippen molar-refractivity contribution in [1.82, 2.24) is 5.32 Å². The lowest BCUT2D eigenvalue weighted by atomic mass is 9.83. The maximum absolute atomic E-state index is 12.3. The van der Waals surface area contributed by atoms with Crippen LogP contribution >= 0.6 is 0 Å². The van der Waals surface area contributed by atoms with Gasteiger partial charge in [0.1, 0.15) is 0 Å². The number of nitrogens with two attached hydrogens (primary N) is 1. The molecule has 1 aliphatic carbocycles. The topological polar surface area (TPSA) is 55.1 Å². The molecule has 1 saturated carbocycles. The van der Waals surface area contributed by atoms with Crippen LogP contribution in [0.2, 0.25) is 0 Å². The van der Waals surface area contributed by atoms with Crippen LogP contribution in [0.25, 0.3) is 0 Å². The average molecular weight is 246 g/mol. The quantitative estimate of drug-likeness (QED) is 0.802. The van der Waals surface area contributed by atoms with E-state index in [4.69, 9.17) is 5.73 Å². The zero-order chi connectivity index (χ0) is 13.3. The van der Waals surface area contributed by atoms with Crippen molar-refractivity contribution in [3.8, 4) is 0 Å². The number of anilines is 1. The molecule has 1 amide bonds. The Morgan fingerprint density at radius 1 is 1.39 bits per heavy atom. The van der Waals surface area contributed by atoms with Gasteiger partial charge in [-0.05, 0) is 43.9 Å². The van der Waals surface area contributed by atoms with Gasteiger partial charge in [-0.15, -0.1) is 0 Å². The van der Waals surface area contributed by atoms with Gasteiger partial charge in [-0.2, -0.15) is 0 Å². The Bertz CT molecular complexity index is 436. The number of carbonyl (C=O) groups is 1. The van der Waals surface area contributed by atoms with E-state index in [9.17, 15) is 4.79 Å². The fourth-order valence-electron chi connectivity index (χ4n) is 2.26. The third-order valence-electron chi connectivity index (χ3n) is 3.96. The Hall–Kier alpha value is -1.51. The molecule has 0 spiro atoms. The molecule has 3 heteroatoms. The van der Waals surface area contributed by atoms with Crippen molar-refractivity contribution < 1.29 is 4.79 Å². The highest BCUT2D eigenvalue weighted by molar-refractivity contribution is 5.87. The van der Waals surface area contributed by atoms with Gasteiger partial charge in [0.2, 0.25) is 5.91 Å². The molecule has 2 unspecified atom stereocenters. The normalized spacial score (nSPS) is 22.6. The molecule has 2 atom stereocenters. The predicted octanol–water partition coefficient (Wildman–Crippen LogP) is 2.46. The Kier molecular flexibility index (Phi) is 3.33. The van der Waals surface area contributed by atoms with E-state index in [-0.39, 0.29) is 5.91 Å². The summed E-state index contributed by atoms with van der Waals surface area (Å²) < 4.78 is 0. The van der Waals surface area contributed by atoms with Crippen LogP contribution in [0.3, 0.4) is 0 Å². The van der Waals surface area contributed by atoms with Crippen LogP contribution in [0.5, 0.6) is 0 Å². The fraction of sp³-hybridized carbons (Fsp3) is 0.533. The molecule has 1 fully saturated rings. The standard InChI is InChI=1S/C15H22N2O/c1-4-10-9-13(10)17-14(18)15(2,3)11-5-7-12(16)8-6-11/h5-8,10,13H,4,9,16H2,1-3H3,(H,17,18). The second kappa shape index (κ2) is 4.63. The van der Waals surface area contributed by atoms with Crippen LogP contribution in [0.4, 0.5) is 5.69 Å². The van der Waals surface area contributed by atoms with Crippen LogP contribution in [0.15, 0.2) is 24.3 Å². The first-order chi connectivity index (χ1) is 8.45. The summed E-state index contributed by atoms with van der Waals surface area (Å²) in [4.78, 5) is 12.3. The van der Waals surface area contributed by atoms with Crippen molar-refractivity contribution in [2.45, 2.75) is 45.1 Å². The lowest BCUT2D eigenvalue weighted by molar-refractivity contribution is -0.125. The number of carbonyl (C=O) groups excluding carboxylic acids is 1. The molecular formula is C15H22N2O. The highest BCUT2D eigenvalue weighted by atomic mass is 16.2. The third kappa shape index (κ3) is 2.50. The van der Waals surface area contributed by atoms with Crippen molar-refractivity contribution in [2.75, 3.05) is 5.73 Å². The summed E-state index contributed by atoms with van der Waals surface area (Å²) in [5.41, 5.74) is 6.89. The number of nitrogens with one attached hydrogen (secondary N) is 1. The van der Waals surface area contributed by atoms with E-state index in [0.717, 1.165) is 24.1 Å². The van der Waals surface area contributed by atoms with Crippen molar-refractivity contribution in [3.63, 3.8) is 0 Å². The molecule has 1 aromatic carbocycles. The maximum Gasteiger partial charge on any atom is 0.230 e. The molecule has 0 aliphatic heterocycles. The van der Waals surface area contributed by atoms with Gasteiger partial charge in [0.05, 0.1) is 5.41 Å². The van der Waals surface area contributed by atoms with Gasteiger partial charge >= 0.3 is 0 Å². The van der Waals surface area contributed by atoms with E-state index >= 15 is 0 Å². The van der Waals surface area contributed by atoms with Crippen LogP contribution in [0.1, 0.15) is 39.2 Å². The number of benzene rings is 1. The van der Waals surface area contributed by atoms with Crippen molar-refractivity contribution in [3.05, 3.63) is 29.8 Å². The molecule has 1 aromatic rings. The maximum atomic E-state index is 12.3. The number of nitrogen functional groups attached to an aromatic ring is 1. The molecule has 0 bridgehead atoms. The molecule has 18 heavy (non-hydrogen) atoms. The van der Waals surface area contributed by atoms with E-state index in [1.165, 1.54) is 0 Å². The van der Waals surface area contributed by atoms with E-state index < -0.39 is 5.41 Å². The summed E-state index contributed by atoms with van der Waals surface area (Å²) in [7, 11) is 0. The zero-order valence-electron chi connectivity index (χ0n) is 11.4. The van der Waals surface area contributed by atoms with Gasteiger partial charge < -0.3 is 11.1 Å². The van der Waals surface area contributed by atoms with Crippen LogP contribution in [-0.4, -0.2) is 11.9 Å². The Balaban J connectivity index is 2.05. The molecule has 3 N–H and O–H groups in total. The number of rotatable bonds is 4. The summed E-state index contributed by atoms with van der Waals surface area (Å²) in [5, 5.41) is 3.14. The highest BCUT2D eigenvalue weighted by Crippen LogP contribution is 2.34. The predicted molar refractivity (Wildman–Crippen MR) is 74.2 cm³/mol. The summed E-state index contributed by atoms with van der Waals surface area (Å²) in [6.45, 7) is 6.08. The van der Waals surface area contributed by atoms with Crippen LogP contribution < -0.4 is 11.1 Å². The first kappa shape index (κ1) is 12.9. The molecule has 98 valence electrons. The minimum Gasteiger partial charge on any atom is -0.399 e. The Morgan fingerprint density at radius 2 is 2.00 bits per heavy atom. The molecule has 2 rings (SSSR count). The zero-order valence-corrected chi connectivity index (χ0v) is 11.4. The highest BCUT2D eigenvalue weighted by Gasteiger charge is 2.40. The number of amides is 1. The summed E-state index contributed by atoms with van der Waals surface area (Å²) in [6.07, 6.45) is 2.27. The third-order valence-corrected chi connectivity index (χ3v) is 3.96. The van der Waals surface area contributed by atoms with Crippen molar-refractivity contribution in [1.29, 1.82) is 0 Å². The second-order valence-corrected chi connectivity index (χ2v) is 5.73. The molecule has 0 saturated heterocycles. The van der Waals surface area contributed by atoms with Gasteiger partial charge in [-0.1, -0.05) is 25.5 Å². The lowest BCUT2D eigenvalue weighted by Crippen LogP contribution is -2.41. The monoisotopic (exact) mass is 246 g/mol. The van der Waals surface area contributed by atoms with E-state index in [1.807, 2.05) is 38.1 Å². The first-order valence-electron chi connectivity index (χ1n) is 6.62. The van der Waals surface area contributed by atoms with Gasteiger partial charge in [-0.3, -0.25) is 4.79 Å². The number of hydrogen-bond donors (Lipinski definition) is 2. The van der Waals surface area contributed by atoms with Crippen LogP contribution in [0, 0.1) is 5.92 Å². The van der Waals surface area contributed by atoms with E-state index in [0.29, 0.717) is 12.0 Å². The van der Waals surface area contributed by atoms with Crippen molar-refractivity contribution in [2.24, 2.45) is 5.92 Å². The fourth-order valence-corrected chi connectivity index (χ4v) is 2.26. The second-order valence-electron chi connectivity index (χ2n) is 5.73. The minimum absolute atomic E-state index is 0.105. The summed E-state index contributed by atoms with van der Waals surface area (Å²) in [5.74, 6) is 0.782.